The van der Waals surface area contributed by atoms with Crippen LogP contribution in [0.2, 0.25) is 0 Å². The molecule has 0 aromatic heterocycles. The van der Waals surface area contributed by atoms with E-state index in [2.05, 4.69) is 9.69 Å². The van der Waals surface area contributed by atoms with E-state index in [9.17, 15) is 40.7 Å². The molecule has 4 rings (SSSR count). The van der Waals surface area contributed by atoms with Gasteiger partial charge in [0.2, 0.25) is 0 Å². The van der Waals surface area contributed by atoms with Crippen LogP contribution >= 0.6 is 37.2 Å². The molecular formula is C32H16Cl4F6N4O3Ti. The quantitative estimate of drug-likeness (QED) is 0.0750. The Bertz CT molecular complexity index is 1900. The van der Waals surface area contributed by atoms with Crippen LogP contribution in [-0.2, 0) is 39.1 Å². The van der Waals surface area contributed by atoms with E-state index in [0.29, 0.717) is 11.1 Å². The van der Waals surface area contributed by atoms with Crippen molar-refractivity contribution in [2.24, 2.45) is 0 Å². The number of carbonyl (C=O) groups is 3. The third kappa shape index (κ3) is 15.4. The van der Waals surface area contributed by atoms with Crippen molar-refractivity contribution in [1.29, 1.82) is 10.5 Å². The summed E-state index contributed by atoms with van der Waals surface area (Å²) in [5.74, 6) is -1.15. The molecule has 0 heterocycles. The van der Waals surface area contributed by atoms with E-state index >= 15 is 0 Å². The molecule has 2 aromatic rings. The number of halogens is 10. The number of nitriles is 2. The molecule has 0 aliphatic heterocycles. The Balaban J connectivity index is 0.000000398. The summed E-state index contributed by atoms with van der Waals surface area (Å²) in [6.45, 7) is 12.9. The average Bonchev–Trinajstić information content (AvgIpc) is 3.03. The zero-order valence-corrected chi connectivity index (χ0v) is 29.2. The van der Waals surface area contributed by atoms with Crippen molar-refractivity contribution in [2.75, 3.05) is 6.54 Å². The van der Waals surface area contributed by atoms with Crippen molar-refractivity contribution in [3.8, 4) is 12.1 Å². The third-order valence-corrected chi connectivity index (χ3v) is 5.62. The second kappa shape index (κ2) is 19.7. The van der Waals surface area contributed by atoms with Gasteiger partial charge in [0, 0.05) is 11.1 Å². The number of hydrogen-bond donors (Lipinski definition) is 0. The van der Waals surface area contributed by atoms with Crippen molar-refractivity contribution in [3.05, 3.63) is 141 Å². The Morgan fingerprint density at radius 3 is 1.42 bits per heavy atom. The second-order valence-corrected chi connectivity index (χ2v) is 24.5. The van der Waals surface area contributed by atoms with Crippen LogP contribution in [0.15, 0.2) is 96.3 Å². The molecule has 0 fully saturated rings. The number of hydrogen-bond acceptors (Lipinski definition) is 5. The minimum absolute atomic E-state index is 0.0139. The monoisotopic (exact) mass is 806 g/mol. The van der Waals surface area contributed by atoms with Gasteiger partial charge >= 0.3 is 61.9 Å². The van der Waals surface area contributed by atoms with Gasteiger partial charge < -0.3 is 4.85 Å². The predicted octanol–water partition coefficient (Wildman–Crippen LogP) is 9.91. The van der Waals surface area contributed by atoms with Gasteiger partial charge in [-0.25, -0.2) is 16.7 Å². The molecule has 0 spiro atoms. The number of benzene rings is 2. The minimum atomic E-state index is -4.45. The zero-order valence-electron chi connectivity index (χ0n) is 24.6. The Hall–Kier alpha value is -4.44. The Morgan fingerprint density at radius 1 is 0.700 bits per heavy atom. The van der Waals surface area contributed by atoms with Gasteiger partial charge in [0.1, 0.15) is 6.07 Å². The van der Waals surface area contributed by atoms with E-state index in [1.54, 1.807) is 12.1 Å². The molecule has 0 N–H and O–H groups in total. The fourth-order valence-electron chi connectivity index (χ4n) is 3.50. The van der Waals surface area contributed by atoms with Crippen LogP contribution < -0.4 is 0 Å². The van der Waals surface area contributed by atoms with Gasteiger partial charge in [0.25, 0.3) is 12.2 Å². The van der Waals surface area contributed by atoms with Crippen molar-refractivity contribution >= 4 is 65.7 Å². The van der Waals surface area contributed by atoms with E-state index in [0.717, 1.165) is 42.5 Å². The average molecular weight is 808 g/mol. The summed E-state index contributed by atoms with van der Waals surface area (Å²) < 4.78 is 74.6. The van der Waals surface area contributed by atoms with Gasteiger partial charge in [0.05, 0.1) is 23.8 Å². The fraction of sp³-hybridized carbons (Fsp3) is 0.0938. The van der Waals surface area contributed by atoms with Crippen molar-refractivity contribution in [1.82, 2.24) is 0 Å². The predicted molar refractivity (Wildman–Crippen MR) is 172 cm³/mol. The Morgan fingerprint density at radius 2 is 1.10 bits per heavy atom. The standard InChI is InChI=1S/C16H7F3N2O.C13H7F3O2.C3H2N2.4ClH.Ti/c1-21-14(9-20)11-4-7-15(22)13(8-11)10-2-5-12(6-3-10)16(17,18)19;14-13(15,16)9-3-1-8(2-4-9)11-7-10(17)5-6-12(11)18;1-5-3-2-4;;;;;/h2-8H;1-7H;3H2;4*1H;/q;;;;;;;+4/p-4/b14-11+;;;;;;;. The number of allylic oxidation sites excluding steroid dienone is 10. The number of ketones is 3. The molecule has 0 atom stereocenters. The number of alkyl halides is 6. The van der Waals surface area contributed by atoms with Crippen LogP contribution in [0.3, 0.4) is 0 Å². The molecule has 50 heavy (non-hydrogen) atoms. The molecule has 0 radical (unpaired) electrons. The molecule has 0 amide bonds. The van der Waals surface area contributed by atoms with Gasteiger partial charge in [-0.05, 0) is 65.3 Å². The molecule has 7 nitrogen and oxygen atoms in total. The second-order valence-electron chi connectivity index (χ2n) is 8.99. The third-order valence-electron chi connectivity index (χ3n) is 5.62. The number of carbonyl (C=O) groups excluding carboxylic acids is 3. The summed E-state index contributed by atoms with van der Waals surface area (Å²) in [6.07, 6.45) is -1.67. The van der Waals surface area contributed by atoms with E-state index < -0.39 is 47.4 Å². The maximum absolute atomic E-state index is 12.5. The van der Waals surface area contributed by atoms with E-state index in [1.165, 1.54) is 42.5 Å². The summed E-state index contributed by atoms with van der Waals surface area (Å²) in [5, 5.41) is 16.4. The summed E-state index contributed by atoms with van der Waals surface area (Å²) in [5.41, 5.74) is -0.700. The molecule has 18 heteroatoms. The summed E-state index contributed by atoms with van der Waals surface area (Å²) in [4.78, 5) is 40.3. The van der Waals surface area contributed by atoms with Gasteiger partial charge in [-0.3, -0.25) is 14.4 Å². The van der Waals surface area contributed by atoms with E-state index in [1.807, 2.05) is 0 Å². The van der Waals surface area contributed by atoms with Crippen LogP contribution in [0, 0.1) is 35.8 Å². The van der Waals surface area contributed by atoms with Crippen LogP contribution in [0.1, 0.15) is 22.3 Å². The van der Waals surface area contributed by atoms with Gasteiger partial charge in [-0.15, -0.1) is 0 Å². The molecule has 0 bridgehead atoms. The van der Waals surface area contributed by atoms with Crippen LogP contribution in [0.25, 0.3) is 20.8 Å². The maximum atomic E-state index is 12.5. The topological polar surface area (TPSA) is 108 Å². The van der Waals surface area contributed by atoms with Crippen molar-refractivity contribution < 1.29 is 53.1 Å². The van der Waals surface area contributed by atoms with Crippen LogP contribution in [0.4, 0.5) is 26.3 Å². The first-order valence-electron chi connectivity index (χ1n) is 12.9. The summed E-state index contributed by atoms with van der Waals surface area (Å²) in [7, 11) is 20.1. The SMILES string of the molecule is O=C1C=CC(=O)C(c2ccc(C(F)(F)F)cc2)=C1.[C-]#[N+]/C(C#N)=C1\C=CC(=O)C(c2ccc(C(F)(F)F)cc2)=C1.[C-]#[N+]CC#N.[Cl][Ti]([Cl])([Cl])[Cl]. The molecule has 0 saturated heterocycles. The van der Waals surface area contributed by atoms with Gasteiger partial charge in [0.15, 0.2) is 17.3 Å². The summed E-state index contributed by atoms with van der Waals surface area (Å²) in [6, 6.07) is 11.6. The zero-order chi connectivity index (χ0) is 38.3. The molecule has 0 unspecified atom stereocenters. The van der Waals surface area contributed by atoms with Gasteiger partial charge in [-0.1, -0.05) is 36.4 Å². The molecule has 2 aromatic carbocycles. The van der Waals surface area contributed by atoms with E-state index in [-0.39, 0.29) is 34.7 Å². The van der Waals surface area contributed by atoms with Crippen molar-refractivity contribution in [2.45, 2.75) is 12.4 Å². The van der Waals surface area contributed by atoms with Crippen LogP contribution in [-0.4, -0.2) is 23.9 Å². The molecular weight excluding hydrogens is 792 g/mol. The normalized spacial score (nSPS) is 14.6. The fourth-order valence-corrected chi connectivity index (χ4v) is 3.50. The molecule has 2 aliphatic carbocycles. The number of nitrogens with zero attached hydrogens (tertiary/aromatic N) is 4. The Kier molecular flexibility index (Phi) is 17.2. The van der Waals surface area contributed by atoms with Gasteiger partial charge in [-0.2, -0.15) is 31.6 Å². The summed E-state index contributed by atoms with van der Waals surface area (Å²) >= 11 is -3.11. The van der Waals surface area contributed by atoms with E-state index in [4.69, 9.17) is 60.9 Å². The first-order chi connectivity index (χ1) is 23.2. The molecule has 0 saturated carbocycles. The van der Waals surface area contributed by atoms with Crippen LogP contribution in [0.5, 0.6) is 0 Å². The molecule has 256 valence electrons. The first kappa shape index (κ1) is 43.6. The molecule has 2 aliphatic rings. The number of rotatable bonds is 2. The van der Waals surface area contributed by atoms with Crippen molar-refractivity contribution in [3.63, 3.8) is 0 Å². The first-order valence-corrected chi connectivity index (χ1v) is 21.5. The Labute approximate surface area is 300 Å².